The van der Waals surface area contributed by atoms with E-state index < -0.39 is 13.0 Å². The summed E-state index contributed by atoms with van der Waals surface area (Å²) in [4.78, 5) is 13.4. The van der Waals surface area contributed by atoms with Crippen LogP contribution in [0.1, 0.15) is 13.3 Å². The van der Waals surface area contributed by atoms with Crippen molar-refractivity contribution in [1.82, 2.24) is 10.2 Å². The van der Waals surface area contributed by atoms with Gasteiger partial charge in [0.2, 0.25) is 5.91 Å². The summed E-state index contributed by atoms with van der Waals surface area (Å²) in [6.07, 6.45) is -2.29. The molecule has 0 aromatic carbocycles. The van der Waals surface area contributed by atoms with Crippen LogP contribution in [0.3, 0.4) is 0 Å². The summed E-state index contributed by atoms with van der Waals surface area (Å²) in [7, 11) is 0. The molecule has 1 aliphatic rings. The molecular formula is C10H18F2N2O2. The Bertz CT molecular complexity index is 227. The molecule has 94 valence electrons. The number of ether oxygens (including phenoxy) is 1. The van der Waals surface area contributed by atoms with Crippen molar-refractivity contribution in [2.45, 2.75) is 25.8 Å². The average Bonchev–Trinajstić information content (AvgIpc) is 2.24. The van der Waals surface area contributed by atoms with Crippen LogP contribution in [0.5, 0.6) is 0 Å². The lowest BCUT2D eigenvalue weighted by Crippen LogP contribution is -2.52. The largest absolute Gasteiger partial charge is 0.375 e. The lowest BCUT2D eigenvalue weighted by molar-refractivity contribution is -0.135. The Kier molecular flexibility index (Phi) is 5.62. The molecule has 0 radical (unpaired) electrons. The van der Waals surface area contributed by atoms with Crippen LogP contribution < -0.4 is 5.32 Å². The fourth-order valence-electron chi connectivity index (χ4n) is 1.69. The highest BCUT2D eigenvalue weighted by Crippen LogP contribution is 2.05. The molecule has 1 heterocycles. The zero-order valence-electron chi connectivity index (χ0n) is 9.42. The first kappa shape index (κ1) is 13.3. The topological polar surface area (TPSA) is 41.6 Å². The maximum Gasteiger partial charge on any atom is 0.261 e. The van der Waals surface area contributed by atoms with Crippen LogP contribution in [-0.2, 0) is 9.53 Å². The normalized spacial score (nSPS) is 21.5. The molecule has 1 amide bonds. The fourth-order valence-corrected chi connectivity index (χ4v) is 1.69. The Hall–Kier alpha value is -0.750. The SMILES string of the molecule is C[C@H]1CNCCN1C(=O)CCOCC(F)F. The van der Waals surface area contributed by atoms with Gasteiger partial charge in [0, 0.05) is 25.7 Å². The first-order valence-corrected chi connectivity index (χ1v) is 5.47. The van der Waals surface area contributed by atoms with Gasteiger partial charge in [0.1, 0.15) is 6.61 Å². The number of rotatable bonds is 5. The van der Waals surface area contributed by atoms with E-state index in [1.807, 2.05) is 6.92 Å². The van der Waals surface area contributed by atoms with Gasteiger partial charge in [-0.3, -0.25) is 4.79 Å². The number of carbonyl (C=O) groups is 1. The van der Waals surface area contributed by atoms with Crippen LogP contribution in [-0.4, -0.2) is 56.1 Å². The minimum Gasteiger partial charge on any atom is -0.375 e. The maximum atomic E-state index is 11.7. The minimum absolute atomic E-state index is 0.0248. The number of carbonyl (C=O) groups excluding carboxylic acids is 1. The molecule has 0 bridgehead atoms. The number of nitrogens with one attached hydrogen (secondary N) is 1. The lowest BCUT2D eigenvalue weighted by atomic mass is 10.2. The van der Waals surface area contributed by atoms with E-state index in [2.05, 4.69) is 10.1 Å². The number of nitrogens with zero attached hydrogens (tertiary/aromatic N) is 1. The van der Waals surface area contributed by atoms with Gasteiger partial charge in [-0.25, -0.2) is 8.78 Å². The number of hydrogen-bond donors (Lipinski definition) is 1. The van der Waals surface area contributed by atoms with Gasteiger partial charge in [0.05, 0.1) is 13.0 Å². The highest BCUT2D eigenvalue weighted by Gasteiger charge is 2.22. The van der Waals surface area contributed by atoms with E-state index >= 15 is 0 Å². The Balaban J connectivity index is 2.18. The number of amides is 1. The highest BCUT2D eigenvalue weighted by atomic mass is 19.3. The van der Waals surface area contributed by atoms with Crippen molar-refractivity contribution in [1.29, 1.82) is 0 Å². The third kappa shape index (κ3) is 4.40. The number of hydrogen-bond acceptors (Lipinski definition) is 3. The van der Waals surface area contributed by atoms with E-state index in [0.717, 1.165) is 13.1 Å². The molecule has 0 aromatic rings. The van der Waals surface area contributed by atoms with Crippen LogP contribution in [0.2, 0.25) is 0 Å². The molecule has 1 N–H and O–H groups in total. The summed E-state index contributed by atoms with van der Waals surface area (Å²) in [5.74, 6) is -0.0248. The van der Waals surface area contributed by atoms with Gasteiger partial charge in [-0.15, -0.1) is 0 Å². The standard InChI is InChI=1S/C10H18F2N2O2/c1-8-6-13-3-4-14(8)10(15)2-5-16-7-9(11)12/h8-9,13H,2-7H2,1H3/t8-/m0/s1. The highest BCUT2D eigenvalue weighted by molar-refractivity contribution is 5.76. The zero-order valence-corrected chi connectivity index (χ0v) is 9.42. The molecule has 0 saturated carbocycles. The van der Waals surface area contributed by atoms with Crippen LogP contribution in [0.15, 0.2) is 0 Å². The molecule has 0 unspecified atom stereocenters. The van der Waals surface area contributed by atoms with Crippen LogP contribution in [0.4, 0.5) is 8.78 Å². The van der Waals surface area contributed by atoms with Gasteiger partial charge >= 0.3 is 0 Å². The maximum absolute atomic E-state index is 11.7. The van der Waals surface area contributed by atoms with Crippen LogP contribution in [0, 0.1) is 0 Å². The number of halogens is 2. The molecule has 16 heavy (non-hydrogen) atoms. The van der Waals surface area contributed by atoms with Gasteiger partial charge in [-0.05, 0) is 6.92 Å². The molecule has 0 aromatic heterocycles. The van der Waals surface area contributed by atoms with Crippen molar-refractivity contribution in [2.75, 3.05) is 32.8 Å². The van der Waals surface area contributed by atoms with Gasteiger partial charge in [-0.1, -0.05) is 0 Å². The third-order valence-electron chi connectivity index (χ3n) is 2.53. The summed E-state index contributed by atoms with van der Waals surface area (Å²) in [6, 6.07) is 0.163. The summed E-state index contributed by atoms with van der Waals surface area (Å²) >= 11 is 0. The van der Waals surface area contributed by atoms with Gasteiger partial charge < -0.3 is 15.0 Å². The van der Waals surface area contributed by atoms with Gasteiger partial charge in [0.25, 0.3) is 6.43 Å². The quantitative estimate of drug-likeness (QED) is 0.706. The third-order valence-corrected chi connectivity index (χ3v) is 2.53. The molecule has 6 heteroatoms. The molecule has 1 rings (SSSR count). The predicted molar refractivity (Wildman–Crippen MR) is 55.5 cm³/mol. The smallest absolute Gasteiger partial charge is 0.261 e. The van der Waals surface area contributed by atoms with E-state index in [1.54, 1.807) is 4.90 Å². The van der Waals surface area contributed by atoms with Crippen molar-refractivity contribution < 1.29 is 18.3 Å². The average molecular weight is 236 g/mol. The minimum atomic E-state index is -2.46. The Morgan fingerprint density at radius 2 is 2.38 bits per heavy atom. The molecule has 4 nitrogen and oxygen atoms in total. The Morgan fingerprint density at radius 3 is 3.00 bits per heavy atom. The second kappa shape index (κ2) is 6.75. The molecule has 1 fully saturated rings. The first-order chi connectivity index (χ1) is 7.61. The first-order valence-electron chi connectivity index (χ1n) is 5.47. The molecular weight excluding hydrogens is 218 g/mol. The van der Waals surface area contributed by atoms with E-state index in [0.29, 0.717) is 6.54 Å². The van der Waals surface area contributed by atoms with E-state index in [-0.39, 0.29) is 25.0 Å². The van der Waals surface area contributed by atoms with E-state index in [4.69, 9.17) is 0 Å². The van der Waals surface area contributed by atoms with Crippen molar-refractivity contribution in [3.63, 3.8) is 0 Å². The van der Waals surface area contributed by atoms with E-state index in [9.17, 15) is 13.6 Å². The second-order valence-electron chi connectivity index (χ2n) is 3.86. The molecule has 0 spiro atoms. The Labute approximate surface area is 93.9 Å². The molecule has 1 saturated heterocycles. The number of piperazine rings is 1. The van der Waals surface area contributed by atoms with Crippen LogP contribution in [0.25, 0.3) is 0 Å². The monoisotopic (exact) mass is 236 g/mol. The summed E-state index contributed by atoms with van der Waals surface area (Å²) in [5, 5.41) is 3.18. The second-order valence-corrected chi connectivity index (χ2v) is 3.86. The Morgan fingerprint density at radius 1 is 1.62 bits per heavy atom. The predicted octanol–water partition coefficient (Wildman–Crippen LogP) is 0.478. The van der Waals surface area contributed by atoms with Crippen molar-refractivity contribution >= 4 is 5.91 Å². The summed E-state index contributed by atoms with van der Waals surface area (Å²) in [5.41, 5.74) is 0. The molecule has 0 aliphatic carbocycles. The zero-order chi connectivity index (χ0) is 12.0. The van der Waals surface area contributed by atoms with Gasteiger partial charge in [-0.2, -0.15) is 0 Å². The van der Waals surface area contributed by atoms with Gasteiger partial charge in [0.15, 0.2) is 0 Å². The summed E-state index contributed by atoms with van der Waals surface area (Å²) < 4.78 is 28.2. The van der Waals surface area contributed by atoms with Crippen LogP contribution >= 0.6 is 0 Å². The summed E-state index contributed by atoms with van der Waals surface area (Å²) in [6.45, 7) is 3.68. The lowest BCUT2D eigenvalue weighted by Gasteiger charge is -2.34. The fraction of sp³-hybridized carbons (Fsp3) is 0.900. The molecule has 1 atom stereocenters. The van der Waals surface area contributed by atoms with E-state index in [1.165, 1.54) is 0 Å². The number of alkyl halides is 2. The van der Waals surface area contributed by atoms with Crippen molar-refractivity contribution in [2.24, 2.45) is 0 Å². The molecule has 1 aliphatic heterocycles. The van der Waals surface area contributed by atoms with Crippen molar-refractivity contribution in [3.8, 4) is 0 Å². The van der Waals surface area contributed by atoms with Crippen molar-refractivity contribution in [3.05, 3.63) is 0 Å².